The molecular formula is C13H25NO3. The van der Waals surface area contributed by atoms with Crippen LogP contribution in [-0.2, 0) is 4.74 Å². The molecule has 0 radical (unpaired) electrons. The number of rotatable bonds is 2. The van der Waals surface area contributed by atoms with Gasteiger partial charge in [-0.05, 0) is 39.5 Å². The highest BCUT2D eigenvalue weighted by Gasteiger charge is 2.37. The van der Waals surface area contributed by atoms with Gasteiger partial charge in [0.05, 0.1) is 24.4 Å². The van der Waals surface area contributed by atoms with Gasteiger partial charge in [0.2, 0.25) is 0 Å². The van der Waals surface area contributed by atoms with Crippen LogP contribution in [0.25, 0.3) is 0 Å². The Kier molecular flexibility index (Phi) is 4.08. The minimum Gasteiger partial charge on any atom is -0.394 e. The molecule has 0 amide bonds. The molecule has 4 heteroatoms. The van der Waals surface area contributed by atoms with Gasteiger partial charge in [-0.15, -0.1) is 0 Å². The summed E-state index contributed by atoms with van der Waals surface area (Å²) in [4.78, 5) is 2.44. The summed E-state index contributed by atoms with van der Waals surface area (Å²) in [5.41, 5.74) is -0.179. The molecular weight excluding hydrogens is 218 g/mol. The van der Waals surface area contributed by atoms with E-state index in [-0.39, 0.29) is 24.4 Å². The third-order valence-corrected chi connectivity index (χ3v) is 3.89. The van der Waals surface area contributed by atoms with Gasteiger partial charge in [-0.1, -0.05) is 0 Å². The predicted octanol–water partition coefficient (Wildman–Crippen LogP) is 0.762. The fraction of sp³-hybridized carbons (Fsp3) is 1.00. The minimum absolute atomic E-state index is 0.0643. The monoisotopic (exact) mass is 243 g/mol. The maximum atomic E-state index is 9.54. The van der Waals surface area contributed by atoms with Crippen LogP contribution >= 0.6 is 0 Å². The van der Waals surface area contributed by atoms with Crippen LogP contribution in [-0.4, -0.2) is 58.7 Å². The molecule has 1 unspecified atom stereocenters. The van der Waals surface area contributed by atoms with Gasteiger partial charge in [-0.3, -0.25) is 4.90 Å². The van der Waals surface area contributed by atoms with Crippen molar-refractivity contribution in [1.82, 2.24) is 4.90 Å². The number of aliphatic hydroxyl groups is 2. The molecule has 2 aliphatic rings. The van der Waals surface area contributed by atoms with E-state index in [1.165, 1.54) is 0 Å². The molecule has 0 spiro atoms. The number of morpholine rings is 1. The lowest BCUT2D eigenvalue weighted by molar-refractivity contribution is -0.160. The zero-order chi connectivity index (χ0) is 12.5. The highest BCUT2D eigenvalue weighted by molar-refractivity contribution is 4.89. The average molecular weight is 243 g/mol. The van der Waals surface area contributed by atoms with Gasteiger partial charge in [0.1, 0.15) is 0 Å². The number of hydrogen-bond donors (Lipinski definition) is 2. The molecule has 1 aliphatic carbocycles. The minimum atomic E-state index is -0.179. The molecule has 0 aromatic rings. The van der Waals surface area contributed by atoms with Crippen LogP contribution < -0.4 is 0 Å². The molecule has 2 rings (SSSR count). The maximum Gasteiger partial charge on any atom is 0.0940 e. The topological polar surface area (TPSA) is 52.9 Å². The van der Waals surface area contributed by atoms with Gasteiger partial charge in [0.25, 0.3) is 0 Å². The molecule has 1 aliphatic heterocycles. The van der Waals surface area contributed by atoms with Crippen molar-refractivity contribution in [2.24, 2.45) is 0 Å². The van der Waals surface area contributed by atoms with Crippen molar-refractivity contribution in [3.05, 3.63) is 0 Å². The molecule has 4 nitrogen and oxygen atoms in total. The lowest BCUT2D eigenvalue weighted by Crippen LogP contribution is -2.57. The third kappa shape index (κ3) is 3.41. The number of nitrogens with zero attached hydrogens (tertiary/aromatic N) is 1. The molecule has 17 heavy (non-hydrogen) atoms. The zero-order valence-corrected chi connectivity index (χ0v) is 10.9. The van der Waals surface area contributed by atoms with Crippen molar-refractivity contribution in [1.29, 1.82) is 0 Å². The summed E-state index contributed by atoms with van der Waals surface area (Å²) < 4.78 is 5.82. The summed E-state index contributed by atoms with van der Waals surface area (Å²) in [6.45, 7) is 6.00. The summed E-state index contributed by atoms with van der Waals surface area (Å²) in [5.74, 6) is 0. The van der Waals surface area contributed by atoms with Gasteiger partial charge in [0.15, 0.2) is 0 Å². The van der Waals surface area contributed by atoms with E-state index in [4.69, 9.17) is 4.74 Å². The van der Waals surface area contributed by atoms with E-state index in [0.29, 0.717) is 6.04 Å². The Morgan fingerprint density at radius 2 is 1.88 bits per heavy atom. The normalized spacial score (nSPS) is 39.2. The first kappa shape index (κ1) is 13.3. The number of aliphatic hydroxyl groups excluding tert-OH is 2. The molecule has 1 heterocycles. The van der Waals surface area contributed by atoms with Crippen LogP contribution in [0.3, 0.4) is 0 Å². The highest BCUT2D eigenvalue weighted by atomic mass is 16.5. The predicted molar refractivity (Wildman–Crippen MR) is 65.9 cm³/mol. The smallest absolute Gasteiger partial charge is 0.0940 e. The summed E-state index contributed by atoms with van der Waals surface area (Å²) in [5, 5.41) is 18.8. The van der Waals surface area contributed by atoms with E-state index < -0.39 is 0 Å². The van der Waals surface area contributed by atoms with Crippen LogP contribution in [0.2, 0.25) is 0 Å². The van der Waals surface area contributed by atoms with Gasteiger partial charge in [-0.25, -0.2) is 0 Å². The molecule has 1 saturated carbocycles. The Hall–Kier alpha value is -0.160. The molecule has 1 atom stereocenters. The van der Waals surface area contributed by atoms with Gasteiger partial charge in [0, 0.05) is 19.1 Å². The highest BCUT2D eigenvalue weighted by Crippen LogP contribution is 2.29. The largest absolute Gasteiger partial charge is 0.394 e. The van der Waals surface area contributed by atoms with Crippen molar-refractivity contribution in [3.63, 3.8) is 0 Å². The van der Waals surface area contributed by atoms with Crippen molar-refractivity contribution in [3.8, 4) is 0 Å². The molecule has 0 aromatic carbocycles. The average Bonchev–Trinajstić information content (AvgIpc) is 2.27. The summed E-state index contributed by atoms with van der Waals surface area (Å²) in [6.07, 6.45) is 3.78. The first-order chi connectivity index (χ1) is 8.00. The number of ether oxygens (including phenoxy) is 1. The van der Waals surface area contributed by atoms with Crippen LogP contribution in [0.4, 0.5) is 0 Å². The van der Waals surface area contributed by atoms with E-state index in [1.807, 2.05) is 0 Å². The van der Waals surface area contributed by atoms with E-state index in [0.717, 1.165) is 38.8 Å². The van der Waals surface area contributed by atoms with Crippen molar-refractivity contribution < 1.29 is 14.9 Å². The lowest BCUT2D eigenvalue weighted by Gasteiger charge is -2.46. The van der Waals surface area contributed by atoms with Crippen LogP contribution in [0, 0.1) is 0 Å². The second-order valence-corrected chi connectivity index (χ2v) is 6.07. The molecule has 0 aromatic heterocycles. The number of hydrogen-bond acceptors (Lipinski definition) is 4. The quantitative estimate of drug-likeness (QED) is 0.752. The lowest BCUT2D eigenvalue weighted by atomic mass is 9.90. The Labute approximate surface area is 104 Å². The van der Waals surface area contributed by atoms with Crippen LogP contribution in [0.5, 0.6) is 0 Å². The Balaban J connectivity index is 1.95. The first-order valence-electron chi connectivity index (χ1n) is 6.71. The fourth-order valence-corrected chi connectivity index (χ4v) is 3.14. The molecule has 2 N–H and O–H groups in total. The van der Waals surface area contributed by atoms with Crippen molar-refractivity contribution in [2.75, 3.05) is 19.7 Å². The van der Waals surface area contributed by atoms with Crippen molar-refractivity contribution >= 4 is 0 Å². The summed E-state index contributed by atoms with van der Waals surface area (Å²) >= 11 is 0. The van der Waals surface area contributed by atoms with Crippen molar-refractivity contribution in [2.45, 2.75) is 63.4 Å². The van der Waals surface area contributed by atoms with E-state index in [9.17, 15) is 10.2 Å². The summed E-state index contributed by atoms with van der Waals surface area (Å²) in [7, 11) is 0. The van der Waals surface area contributed by atoms with Crippen LogP contribution in [0.15, 0.2) is 0 Å². The standard InChI is InChI=1S/C13H25NO3/c1-13(2)9-14(7-12(8-15)17-13)10-3-5-11(16)6-4-10/h10-12,15-16H,3-9H2,1-2H3. The molecule has 2 fully saturated rings. The van der Waals surface area contributed by atoms with E-state index >= 15 is 0 Å². The Bertz CT molecular complexity index is 249. The van der Waals surface area contributed by atoms with Gasteiger partial charge < -0.3 is 14.9 Å². The van der Waals surface area contributed by atoms with Gasteiger partial charge >= 0.3 is 0 Å². The molecule has 1 saturated heterocycles. The van der Waals surface area contributed by atoms with E-state index in [2.05, 4.69) is 18.7 Å². The second kappa shape index (κ2) is 5.22. The van der Waals surface area contributed by atoms with Gasteiger partial charge in [-0.2, -0.15) is 0 Å². The SMILES string of the molecule is CC1(C)CN(C2CCC(O)CC2)CC(CO)O1. The second-order valence-electron chi connectivity index (χ2n) is 6.07. The fourth-order valence-electron chi connectivity index (χ4n) is 3.14. The Morgan fingerprint density at radius 1 is 1.24 bits per heavy atom. The van der Waals surface area contributed by atoms with E-state index in [1.54, 1.807) is 0 Å². The summed E-state index contributed by atoms with van der Waals surface area (Å²) in [6, 6.07) is 0.552. The van der Waals surface area contributed by atoms with Crippen LogP contribution in [0.1, 0.15) is 39.5 Å². The third-order valence-electron chi connectivity index (χ3n) is 3.89. The Morgan fingerprint density at radius 3 is 2.47 bits per heavy atom. The zero-order valence-electron chi connectivity index (χ0n) is 10.9. The molecule has 0 bridgehead atoms. The first-order valence-corrected chi connectivity index (χ1v) is 6.71. The maximum absolute atomic E-state index is 9.54. The molecule has 100 valence electrons.